The van der Waals surface area contributed by atoms with Gasteiger partial charge in [-0.15, -0.1) is 0 Å². The number of allylic oxidation sites excluding steroid dienone is 3. The van der Waals surface area contributed by atoms with Crippen LogP contribution in [0.5, 0.6) is 0 Å². The Balaban J connectivity index is 0.000000640. The monoisotopic (exact) mass is 374 g/mol. The molecule has 24 heavy (non-hydrogen) atoms. The van der Waals surface area contributed by atoms with E-state index >= 15 is 0 Å². The molecule has 0 radical (unpaired) electrons. The minimum absolute atomic E-state index is 1.20. The molecule has 1 aromatic rings. The van der Waals surface area contributed by atoms with Gasteiger partial charge in [0.15, 0.2) is 6.21 Å². The van der Waals surface area contributed by atoms with E-state index in [2.05, 4.69) is 55.4 Å². The van der Waals surface area contributed by atoms with Gasteiger partial charge in [-0.25, -0.2) is 4.58 Å². The molecule has 0 bridgehead atoms. The molecule has 0 fully saturated rings. The summed E-state index contributed by atoms with van der Waals surface area (Å²) in [4.78, 5) is 2.12. The van der Waals surface area contributed by atoms with E-state index in [0.717, 1.165) is 0 Å². The number of halogens is 6. The SMILES string of the molecule is CN(C)/C(=C/C=C/C=[N+](C)C)c1ccccc1.F[P-](F)(F)(F)(F)F. The Kier molecular flexibility index (Phi) is 6.82. The summed E-state index contributed by atoms with van der Waals surface area (Å²) >= 11 is 0. The summed E-state index contributed by atoms with van der Waals surface area (Å²) in [5, 5.41) is 0. The van der Waals surface area contributed by atoms with Gasteiger partial charge in [0, 0.05) is 25.9 Å². The molecule has 0 aliphatic carbocycles. The van der Waals surface area contributed by atoms with E-state index in [1.165, 1.54) is 11.3 Å². The molecule has 138 valence electrons. The van der Waals surface area contributed by atoms with Crippen LogP contribution in [0.25, 0.3) is 5.70 Å². The van der Waals surface area contributed by atoms with Gasteiger partial charge in [-0.3, -0.25) is 0 Å². The molecule has 0 spiro atoms. The zero-order chi connectivity index (χ0) is 19.1. The molecule has 9 heteroatoms. The van der Waals surface area contributed by atoms with Gasteiger partial charge in [-0.2, -0.15) is 0 Å². The van der Waals surface area contributed by atoms with Gasteiger partial charge in [-0.1, -0.05) is 36.4 Å². The molecule has 0 saturated carbocycles. The first kappa shape index (κ1) is 22.2. The Morgan fingerprint density at radius 2 is 1.38 bits per heavy atom. The molecule has 0 aromatic heterocycles. The second-order valence-corrected chi connectivity index (χ2v) is 7.18. The standard InChI is InChI=1S/C15H21N2.F6P/c1-16(2)13-9-8-12-15(17(3)4)14-10-6-5-7-11-14;1-7(2,3,4,5)6/h5-13H,1-4H3;/q+1;-1. The van der Waals surface area contributed by atoms with Crippen molar-refractivity contribution in [1.82, 2.24) is 4.90 Å². The van der Waals surface area contributed by atoms with Gasteiger partial charge in [-0.05, 0) is 11.6 Å². The van der Waals surface area contributed by atoms with Crippen LogP contribution in [0.2, 0.25) is 0 Å². The van der Waals surface area contributed by atoms with Crippen LogP contribution < -0.4 is 0 Å². The number of hydrogen-bond acceptors (Lipinski definition) is 1. The molecule has 0 atom stereocenters. The van der Waals surface area contributed by atoms with E-state index in [1.807, 2.05) is 37.0 Å². The predicted octanol–water partition coefficient (Wildman–Crippen LogP) is 5.87. The fourth-order valence-electron chi connectivity index (χ4n) is 1.48. The van der Waals surface area contributed by atoms with Crippen molar-refractivity contribution >= 4 is 19.7 Å². The van der Waals surface area contributed by atoms with Gasteiger partial charge < -0.3 is 4.90 Å². The molecule has 0 aliphatic heterocycles. The van der Waals surface area contributed by atoms with E-state index < -0.39 is 7.81 Å². The third-order valence-corrected chi connectivity index (χ3v) is 2.30. The molecule has 1 rings (SSSR count). The Bertz CT molecular complexity index is 601. The first-order valence-corrected chi connectivity index (χ1v) is 8.76. The molecule has 2 nitrogen and oxygen atoms in total. The summed E-state index contributed by atoms with van der Waals surface area (Å²) in [6.45, 7) is 0. The van der Waals surface area contributed by atoms with Gasteiger partial charge in [0.2, 0.25) is 0 Å². The summed E-state index contributed by atoms with van der Waals surface area (Å²) < 4.78 is 61.2. The summed E-state index contributed by atoms with van der Waals surface area (Å²) in [7, 11) is -2.52. The van der Waals surface area contributed by atoms with Crippen molar-refractivity contribution in [1.29, 1.82) is 0 Å². The quantitative estimate of drug-likeness (QED) is 0.210. The molecule has 0 aliphatic rings. The third-order valence-electron chi connectivity index (χ3n) is 2.30. The van der Waals surface area contributed by atoms with Crippen molar-refractivity contribution in [2.75, 3.05) is 28.2 Å². The maximum absolute atomic E-state index is 10.7. The van der Waals surface area contributed by atoms with Crippen molar-refractivity contribution in [3.8, 4) is 0 Å². The fourth-order valence-corrected chi connectivity index (χ4v) is 1.48. The summed E-state index contributed by atoms with van der Waals surface area (Å²) in [5.74, 6) is 0. The van der Waals surface area contributed by atoms with Crippen molar-refractivity contribution in [3.63, 3.8) is 0 Å². The van der Waals surface area contributed by atoms with Crippen molar-refractivity contribution in [2.45, 2.75) is 0 Å². The first-order chi connectivity index (χ1) is 10.6. The molecule has 0 N–H and O–H groups in total. The zero-order valence-electron chi connectivity index (χ0n) is 13.8. The van der Waals surface area contributed by atoms with Crippen LogP contribution in [-0.4, -0.2) is 43.9 Å². The van der Waals surface area contributed by atoms with Gasteiger partial charge in [0.25, 0.3) is 0 Å². The normalized spacial score (nSPS) is 15.0. The van der Waals surface area contributed by atoms with Crippen molar-refractivity contribution < 1.29 is 29.8 Å². The fraction of sp³-hybridized carbons (Fsp3) is 0.267. The Labute approximate surface area is 137 Å². The van der Waals surface area contributed by atoms with E-state index in [0.29, 0.717) is 0 Å². The molecule has 1 aromatic carbocycles. The molecule has 0 amide bonds. The predicted molar refractivity (Wildman–Crippen MR) is 89.0 cm³/mol. The van der Waals surface area contributed by atoms with Crippen LogP contribution in [0.3, 0.4) is 0 Å². The van der Waals surface area contributed by atoms with Crippen LogP contribution in [0.15, 0.2) is 48.6 Å². The topological polar surface area (TPSA) is 6.25 Å². The van der Waals surface area contributed by atoms with Crippen LogP contribution >= 0.6 is 7.81 Å². The second-order valence-electron chi connectivity index (χ2n) is 5.27. The van der Waals surface area contributed by atoms with Crippen LogP contribution in [0.1, 0.15) is 5.56 Å². The average molecular weight is 374 g/mol. The molecule has 0 unspecified atom stereocenters. The average Bonchev–Trinajstić information content (AvgIpc) is 2.35. The second kappa shape index (κ2) is 7.38. The van der Waals surface area contributed by atoms with Crippen LogP contribution in [-0.2, 0) is 0 Å². The number of rotatable bonds is 4. The number of nitrogens with zero attached hydrogens (tertiary/aromatic N) is 2. The molecule has 0 saturated heterocycles. The Morgan fingerprint density at radius 3 is 1.75 bits per heavy atom. The minimum atomic E-state index is -10.7. The Morgan fingerprint density at radius 1 is 0.917 bits per heavy atom. The Hall–Kier alpha value is -1.82. The number of hydrogen-bond donors (Lipinski definition) is 0. The zero-order valence-corrected chi connectivity index (χ0v) is 14.7. The van der Waals surface area contributed by atoms with E-state index in [-0.39, 0.29) is 0 Å². The van der Waals surface area contributed by atoms with Gasteiger partial charge in [0.1, 0.15) is 14.1 Å². The van der Waals surface area contributed by atoms with E-state index in [4.69, 9.17) is 0 Å². The van der Waals surface area contributed by atoms with Gasteiger partial charge in [0.05, 0.1) is 0 Å². The summed E-state index contributed by atoms with van der Waals surface area (Å²) in [5.41, 5.74) is 2.43. The van der Waals surface area contributed by atoms with Crippen LogP contribution in [0, 0.1) is 0 Å². The molecular weight excluding hydrogens is 353 g/mol. The van der Waals surface area contributed by atoms with Crippen LogP contribution in [0.4, 0.5) is 25.2 Å². The van der Waals surface area contributed by atoms with E-state index in [1.54, 1.807) is 0 Å². The molecule has 0 heterocycles. The van der Waals surface area contributed by atoms with Crippen molar-refractivity contribution in [2.24, 2.45) is 0 Å². The maximum atomic E-state index is 9.87. The van der Waals surface area contributed by atoms with Crippen molar-refractivity contribution in [3.05, 3.63) is 54.1 Å². The van der Waals surface area contributed by atoms with Gasteiger partial charge >= 0.3 is 33.0 Å². The molecular formula is C15H21F6N2P. The van der Waals surface area contributed by atoms with E-state index in [9.17, 15) is 25.2 Å². The summed E-state index contributed by atoms with van der Waals surface area (Å²) in [6.07, 6.45) is 8.24. The number of benzene rings is 1. The first-order valence-electron chi connectivity index (χ1n) is 6.73. The summed E-state index contributed by atoms with van der Waals surface area (Å²) in [6, 6.07) is 10.4. The third kappa shape index (κ3) is 16.5.